The predicted molar refractivity (Wildman–Crippen MR) is 121 cm³/mol. The zero-order valence-corrected chi connectivity index (χ0v) is 18.8. The number of hydrogen-bond donors (Lipinski definition) is 0. The summed E-state index contributed by atoms with van der Waals surface area (Å²) in [6.45, 7) is 6.70. The molecule has 3 aromatic rings. The molecule has 1 unspecified atom stereocenters. The summed E-state index contributed by atoms with van der Waals surface area (Å²) in [6, 6.07) is 12.9. The first kappa shape index (κ1) is 19.0. The van der Waals surface area contributed by atoms with E-state index >= 15 is 0 Å². The Labute approximate surface area is 179 Å². The maximum atomic E-state index is 12.9. The zero-order chi connectivity index (χ0) is 20.3. The van der Waals surface area contributed by atoms with Gasteiger partial charge in [-0.15, -0.1) is 0 Å². The van der Waals surface area contributed by atoms with Gasteiger partial charge in [-0.2, -0.15) is 4.98 Å². The van der Waals surface area contributed by atoms with Crippen molar-refractivity contribution in [2.45, 2.75) is 44.4 Å². The Balaban J connectivity index is 1.77. The molecule has 0 spiro atoms. The first-order chi connectivity index (χ1) is 13.9. The molecule has 0 aliphatic carbocycles. The van der Waals surface area contributed by atoms with Crippen LogP contribution in [0.1, 0.15) is 56.0 Å². The van der Waals surface area contributed by atoms with Crippen LogP contribution in [0.25, 0.3) is 16.6 Å². The Bertz CT molecular complexity index is 1180. The molecule has 0 amide bonds. The van der Waals surface area contributed by atoms with Gasteiger partial charge in [0.25, 0.3) is 5.56 Å². The Hall–Kier alpha value is -1.98. The van der Waals surface area contributed by atoms with Crippen LogP contribution in [0.4, 0.5) is 0 Å². The molecule has 0 bridgehead atoms. The number of benzene rings is 2. The fourth-order valence-corrected chi connectivity index (χ4v) is 5.63. The van der Waals surface area contributed by atoms with Crippen molar-refractivity contribution in [2.24, 2.45) is 0 Å². The highest BCUT2D eigenvalue weighted by Gasteiger charge is 2.41. The van der Waals surface area contributed by atoms with E-state index in [4.69, 9.17) is 0 Å². The number of piperidine rings is 1. The SMILES string of the molecule is CCC1(C)c2ccc(C3CCN(C)CC3)cc2-n2c1nc(=O)c1c(Br)cccc12. The highest BCUT2D eigenvalue weighted by atomic mass is 79.9. The van der Waals surface area contributed by atoms with E-state index in [2.05, 4.69) is 69.5 Å². The molecule has 150 valence electrons. The lowest BCUT2D eigenvalue weighted by Crippen LogP contribution is -2.29. The summed E-state index contributed by atoms with van der Waals surface area (Å²) in [4.78, 5) is 19.9. The van der Waals surface area contributed by atoms with Crippen LogP contribution >= 0.6 is 15.9 Å². The third-order valence-electron chi connectivity index (χ3n) is 7.11. The summed E-state index contributed by atoms with van der Waals surface area (Å²) < 4.78 is 3.04. The minimum Gasteiger partial charge on any atom is -0.306 e. The largest absolute Gasteiger partial charge is 0.306 e. The van der Waals surface area contributed by atoms with Gasteiger partial charge in [-0.05, 0) is 97.5 Å². The Morgan fingerprint density at radius 1 is 1.21 bits per heavy atom. The monoisotopic (exact) mass is 451 g/mol. The fourth-order valence-electron chi connectivity index (χ4n) is 5.11. The third kappa shape index (κ3) is 2.74. The van der Waals surface area contributed by atoms with E-state index in [1.807, 2.05) is 18.2 Å². The number of nitrogens with zero attached hydrogens (tertiary/aromatic N) is 3. The molecule has 1 saturated heterocycles. The second-order valence-electron chi connectivity index (χ2n) is 8.75. The summed E-state index contributed by atoms with van der Waals surface area (Å²) >= 11 is 3.57. The molecule has 0 radical (unpaired) electrons. The zero-order valence-electron chi connectivity index (χ0n) is 17.2. The van der Waals surface area contributed by atoms with Crippen LogP contribution in [0.15, 0.2) is 45.7 Å². The lowest BCUT2D eigenvalue weighted by Gasteiger charge is -2.29. The van der Waals surface area contributed by atoms with Crippen molar-refractivity contribution in [1.29, 1.82) is 0 Å². The minimum absolute atomic E-state index is 0.151. The summed E-state index contributed by atoms with van der Waals surface area (Å²) in [5.74, 6) is 1.46. The van der Waals surface area contributed by atoms with E-state index in [9.17, 15) is 4.79 Å². The standard InChI is InChI=1S/C24H26BrN3O/c1-4-24(2)17-9-8-16(15-10-12-27(3)13-11-15)14-20(17)28-19-7-5-6-18(25)21(19)22(29)26-23(24)28/h5-9,14-15H,4,10-13H2,1-3H3. The first-order valence-electron chi connectivity index (χ1n) is 10.5. The molecule has 2 aromatic carbocycles. The van der Waals surface area contributed by atoms with Crippen molar-refractivity contribution in [3.8, 4) is 5.69 Å². The van der Waals surface area contributed by atoms with Gasteiger partial charge in [0.15, 0.2) is 0 Å². The highest BCUT2D eigenvalue weighted by molar-refractivity contribution is 9.10. The average molecular weight is 452 g/mol. The van der Waals surface area contributed by atoms with Crippen molar-refractivity contribution in [2.75, 3.05) is 20.1 Å². The molecule has 1 aromatic heterocycles. The van der Waals surface area contributed by atoms with Gasteiger partial charge in [0.1, 0.15) is 5.82 Å². The normalized spacial score (nSPS) is 22.1. The molecule has 1 fully saturated rings. The molecule has 0 N–H and O–H groups in total. The molecule has 1 atom stereocenters. The molecule has 0 saturated carbocycles. The Kier molecular flexibility index (Phi) is 4.44. The Morgan fingerprint density at radius 2 is 1.97 bits per heavy atom. The molecular formula is C24H26BrN3O. The molecule has 3 heterocycles. The van der Waals surface area contributed by atoms with Gasteiger partial charge in [0, 0.05) is 4.47 Å². The highest BCUT2D eigenvalue weighted by Crippen LogP contribution is 2.46. The summed E-state index contributed by atoms with van der Waals surface area (Å²) in [5.41, 5.74) is 4.41. The van der Waals surface area contributed by atoms with Gasteiger partial charge < -0.3 is 4.90 Å². The number of rotatable bonds is 2. The van der Waals surface area contributed by atoms with Crippen LogP contribution in [-0.2, 0) is 5.41 Å². The molecule has 2 aliphatic rings. The summed E-state index contributed by atoms with van der Waals surface area (Å²) in [5, 5.41) is 0.659. The predicted octanol–water partition coefficient (Wildman–Crippen LogP) is 4.99. The molecule has 2 aliphatic heterocycles. The third-order valence-corrected chi connectivity index (χ3v) is 7.77. The molecular weight excluding hydrogens is 426 g/mol. The summed E-state index contributed by atoms with van der Waals surface area (Å²) in [7, 11) is 2.20. The van der Waals surface area contributed by atoms with Gasteiger partial charge in [0.05, 0.1) is 22.0 Å². The molecule has 5 rings (SSSR count). The average Bonchev–Trinajstić information content (AvgIpc) is 2.97. The van der Waals surface area contributed by atoms with Crippen LogP contribution in [0.2, 0.25) is 0 Å². The van der Waals surface area contributed by atoms with E-state index in [0.29, 0.717) is 11.3 Å². The van der Waals surface area contributed by atoms with E-state index in [1.165, 1.54) is 29.7 Å². The van der Waals surface area contributed by atoms with Gasteiger partial charge in [0.2, 0.25) is 0 Å². The van der Waals surface area contributed by atoms with Gasteiger partial charge in [-0.25, -0.2) is 0 Å². The second kappa shape index (κ2) is 6.78. The van der Waals surface area contributed by atoms with Gasteiger partial charge in [-0.1, -0.05) is 25.1 Å². The molecule has 5 heteroatoms. The van der Waals surface area contributed by atoms with E-state index in [0.717, 1.165) is 35.3 Å². The second-order valence-corrected chi connectivity index (χ2v) is 9.60. The van der Waals surface area contributed by atoms with Gasteiger partial charge in [-0.3, -0.25) is 9.36 Å². The first-order valence-corrected chi connectivity index (χ1v) is 11.3. The molecule has 29 heavy (non-hydrogen) atoms. The maximum absolute atomic E-state index is 12.9. The van der Waals surface area contributed by atoms with Crippen LogP contribution in [0.5, 0.6) is 0 Å². The minimum atomic E-state index is -0.254. The van der Waals surface area contributed by atoms with Crippen molar-refractivity contribution in [1.82, 2.24) is 14.5 Å². The quantitative estimate of drug-likeness (QED) is 0.550. The Morgan fingerprint density at radius 3 is 2.69 bits per heavy atom. The number of fused-ring (bicyclic) bond motifs is 5. The topological polar surface area (TPSA) is 38.1 Å². The van der Waals surface area contributed by atoms with Crippen molar-refractivity contribution in [3.63, 3.8) is 0 Å². The van der Waals surface area contributed by atoms with E-state index < -0.39 is 0 Å². The summed E-state index contributed by atoms with van der Waals surface area (Å²) in [6.07, 6.45) is 3.29. The van der Waals surface area contributed by atoms with Crippen molar-refractivity contribution >= 4 is 26.8 Å². The van der Waals surface area contributed by atoms with Crippen LogP contribution in [0.3, 0.4) is 0 Å². The van der Waals surface area contributed by atoms with Gasteiger partial charge >= 0.3 is 0 Å². The van der Waals surface area contributed by atoms with E-state index in [1.54, 1.807) is 0 Å². The van der Waals surface area contributed by atoms with E-state index in [-0.39, 0.29) is 11.0 Å². The smallest absolute Gasteiger partial charge is 0.281 e. The number of likely N-dealkylation sites (tertiary alicyclic amines) is 1. The van der Waals surface area contributed by atoms with Crippen LogP contribution < -0.4 is 5.56 Å². The fraction of sp³-hybridized carbons (Fsp3) is 0.417. The number of hydrogen-bond acceptors (Lipinski definition) is 3. The maximum Gasteiger partial charge on any atom is 0.281 e. The van der Waals surface area contributed by atoms with Crippen LogP contribution in [0, 0.1) is 0 Å². The molecule has 4 nitrogen and oxygen atoms in total. The number of halogens is 1. The van der Waals surface area contributed by atoms with Crippen LogP contribution in [-0.4, -0.2) is 34.6 Å². The lowest BCUT2D eigenvalue weighted by molar-refractivity contribution is 0.255. The van der Waals surface area contributed by atoms with Crippen molar-refractivity contribution in [3.05, 3.63) is 68.2 Å². The number of aromatic nitrogens is 2. The lowest BCUT2D eigenvalue weighted by atomic mass is 9.79. The van der Waals surface area contributed by atoms with Crippen molar-refractivity contribution < 1.29 is 0 Å².